The Labute approximate surface area is 80.1 Å². The molecule has 0 fully saturated rings. The van der Waals surface area contributed by atoms with E-state index in [1.54, 1.807) is 12.1 Å². The van der Waals surface area contributed by atoms with Crippen LogP contribution in [0.5, 0.6) is 5.75 Å². The summed E-state index contributed by atoms with van der Waals surface area (Å²) in [5.74, 6) is 0.306. The molecule has 1 aromatic rings. The average Bonchev–Trinajstić information content (AvgIpc) is 1.95. The van der Waals surface area contributed by atoms with E-state index in [0.717, 1.165) is 6.42 Å². The third-order valence-corrected chi connectivity index (χ3v) is 1.37. The van der Waals surface area contributed by atoms with Gasteiger partial charge in [-0.3, -0.25) is 0 Å². The molecular weight excluding hydrogens is 133 g/mol. The molecule has 0 unspecified atom stereocenters. The van der Waals surface area contributed by atoms with Crippen LogP contribution in [-0.2, 0) is 6.42 Å². The first-order valence-corrected chi connectivity index (χ1v) is 3.31. The number of nitrogens with two attached hydrogens (primary N) is 1. The predicted octanol–water partition coefficient (Wildman–Crippen LogP) is -1.99. The summed E-state index contributed by atoms with van der Waals surface area (Å²) < 4.78 is 0. The summed E-state index contributed by atoms with van der Waals surface area (Å²) in [6.45, 7) is 0.658. The zero-order chi connectivity index (χ0) is 7.40. The van der Waals surface area contributed by atoms with Crippen molar-refractivity contribution in [3.63, 3.8) is 0 Å². The van der Waals surface area contributed by atoms with Gasteiger partial charge in [-0.25, -0.2) is 0 Å². The first-order valence-electron chi connectivity index (χ1n) is 3.31. The Hall–Kier alpha value is -0.423. The average molecular weight is 145 g/mol. The van der Waals surface area contributed by atoms with E-state index in [1.165, 1.54) is 5.56 Å². The largest absolute Gasteiger partial charge is 1.00 e. The predicted molar refractivity (Wildman–Crippen MR) is 42.0 cm³/mol. The third-order valence-electron chi connectivity index (χ3n) is 1.37. The van der Waals surface area contributed by atoms with Crippen LogP contribution in [0.1, 0.15) is 6.99 Å². The van der Waals surface area contributed by atoms with Crippen molar-refractivity contribution in [3.8, 4) is 5.75 Å². The molecule has 0 atom stereocenters. The number of hydrogen-bond donors (Lipinski definition) is 2. The van der Waals surface area contributed by atoms with Crippen molar-refractivity contribution in [2.24, 2.45) is 5.73 Å². The molecule has 56 valence electrons. The molecule has 0 saturated carbocycles. The van der Waals surface area contributed by atoms with Crippen molar-refractivity contribution in [3.05, 3.63) is 29.8 Å². The molecule has 0 saturated heterocycles. The van der Waals surface area contributed by atoms with Crippen LogP contribution in [0.4, 0.5) is 0 Å². The van der Waals surface area contributed by atoms with Crippen LogP contribution in [0.25, 0.3) is 0 Å². The first kappa shape index (κ1) is 10.6. The molecule has 0 aromatic heterocycles. The molecular formula is C8H12LiNO. The van der Waals surface area contributed by atoms with E-state index in [9.17, 15) is 0 Å². The number of phenols is 1. The van der Waals surface area contributed by atoms with Crippen LogP contribution in [0.15, 0.2) is 24.3 Å². The summed E-state index contributed by atoms with van der Waals surface area (Å²) in [6.07, 6.45) is 0.875. The van der Waals surface area contributed by atoms with Gasteiger partial charge >= 0.3 is 18.9 Å². The maximum atomic E-state index is 8.89. The van der Waals surface area contributed by atoms with Gasteiger partial charge in [0, 0.05) is 0 Å². The topological polar surface area (TPSA) is 46.2 Å². The van der Waals surface area contributed by atoms with Crippen molar-refractivity contribution in [2.45, 2.75) is 6.42 Å². The van der Waals surface area contributed by atoms with E-state index in [0.29, 0.717) is 12.3 Å². The monoisotopic (exact) mass is 145 g/mol. The van der Waals surface area contributed by atoms with Crippen molar-refractivity contribution in [1.82, 2.24) is 0 Å². The minimum Gasteiger partial charge on any atom is -1.00 e. The summed E-state index contributed by atoms with van der Waals surface area (Å²) >= 11 is 0. The first-order chi connectivity index (χ1) is 4.83. The molecule has 11 heavy (non-hydrogen) atoms. The Morgan fingerprint density at radius 3 is 2.27 bits per heavy atom. The van der Waals surface area contributed by atoms with E-state index in [1.807, 2.05) is 12.1 Å². The van der Waals surface area contributed by atoms with Crippen LogP contribution in [0, 0.1) is 0 Å². The van der Waals surface area contributed by atoms with Gasteiger partial charge < -0.3 is 12.3 Å². The molecule has 1 rings (SSSR count). The van der Waals surface area contributed by atoms with Crippen LogP contribution in [0.3, 0.4) is 0 Å². The number of hydrogen-bond acceptors (Lipinski definition) is 2. The maximum absolute atomic E-state index is 8.89. The number of aromatic hydroxyl groups is 1. The molecule has 1 aromatic carbocycles. The molecule has 0 aliphatic carbocycles. The fourth-order valence-electron chi connectivity index (χ4n) is 0.829. The Bertz CT molecular complexity index is 203. The van der Waals surface area contributed by atoms with Crippen LogP contribution >= 0.6 is 0 Å². The second kappa shape index (κ2) is 5.26. The van der Waals surface area contributed by atoms with Gasteiger partial charge in [0.05, 0.1) is 0 Å². The molecule has 3 N–H and O–H groups in total. The van der Waals surface area contributed by atoms with E-state index in [2.05, 4.69) is 0 Å². The van der Waals surface area contributed by atoms with Gasteiger partial charge in [0.1, 0.15) is 5.75 Å². The zero-order valence-corrected chi connectivity index (χ0v) is 6.75. The summed E-state index contributed by atoms with van der Waals surface area (Å²) in [4.78, 5) is 0. The van der Waals surface area contributed by atoms with Gasteiger partial charge in [-0.05, 0) is 30.7 Å². The van der Waals surface area contributed by atoms with Crippen molar-refractivity contribution < 1.29 is 25.4 Å². The molecule has 0 heterocycles. The van der Waals surface area contributed by atoms with Crippen LogP contribution in [-0.4, -0.2) is 11.7 Å². The fourth-order valence-corrected chi connectivity index (χ4v) is 0.829. The minimum atomic E-state index is 0. The standard InChI is InChI=1S/C8H11NO.Li.H/c9-6-5-7-1-3-8(10)4-2-7;;/h1-4,10H,5-6,9H2;;/q;+1;-1. The quantitative estimate of drug-likeness (QED) is 0.473. The number of rotatable bonds is 2. The second-order valence-electron chi connectivity index (χ2n) is 2.21. The fraction of sp³-hybridized carbons (Fsp3) is 0.250. The van der Waals surface area contributed by atoms with Crippen LogP contribution < -0.4 is 24.6 Å². The van der Waals surface area contributed by atoms with Crippen molar-refractivity contribution in [2.75, 3.05) is 6.54 Å². The molecule has 0 aliphatic rings. The molecule has 0 spiro atoms. The van der Waals surface area contributed by atoms with E-state index in [4.69, 9.17) is 10.8 Å². The van der Waals surface area contributed by atoms with Crippen molar-refractivity contribution in [1.29, 1.82) is 0 Å². The smallest absolute Gasteiger partial charge is 1.00 e. The maximum Gasteiger partial charge on any atom is 1.00 e. The second-order valence-corrected chi connectivity index (χ2v) is 2.21. The van der Waals surface area contributed by atoms with E-state index in [-0.39, 0.29) is 20.3 Å². The van der Waals surface area contributed by atoms with E-state index >= 15 is 0 Å². The van der Waals surface area contributed by atoms with Gasteiger partial charge in [-0.2, -0.15) is 0 Å². The van der Waals surface area contributed by atoms with Gasteiger partial charge in [-0.15, -0.1) is 0 Å². The minimum absolute atomic E-state index is 0. The normalized spacial score (nSPS) is 8.82. The Balaban J connectivity index is 0. The number of phenolic OH excluding ortho intramolecular Hbond substituents is 1. The summed E-state index contributed by atoms with van der Waals surface area (Å²) in [6, 6.07) is 7.10. The Kier molecular flexibility index (Phi) is 5.06. The SMILES string of the molecule is NCCc1ccc(O)cc1.[H-].[Li+]. The molecule has 3 heteroatoms. The zero-order valence-electron chi connectivity index (χ0n) is 7.75. The molecule has 0 radical (unpaired) electrons. The molecule has 0 bridgehead atoms. The summed E-state index contributed by atoms with van der Waals surface area (Å²) in [7, 11) is 0. The van der Waals surface area contributed by atoms with E-state index < -0.39 is 0 Å². The number of benzene rings is 1. The van der Waals surface area contributed by atoms with Gasteiger partial charge in [-0.1, -0.05) is 12.1 Å². The molecule has 0 amide bonds. The van der Waals surface area contributed by atoms with Gasteiger partial charge in [0.25, 0.3) is 0 Å². The van der Waals surface area contributed by atoms with Gasteiger partial charge in [0.2, 0.25) is 0 Å². The van der Waals surface area contributed by atoms with Crippen molar-refractivity contribution >= 4 is 0 Å². The summed E-state index contributed by atoms with van der Waals surface area (Å²) in [5, 5.41) is 8.89. The Morgan fingerprint density at radius 2 is 1.82 bits per heavy atom. The third kappa shape index (κ3) is 3.48. The Morgan fingerprint density at radius 1 is 1.27 bits per heavy atom. The molecule has 0 aliphatic heterocycles. The molecule has 2 nitrogen and oxygen atoms in total. The van der Waals surface area contributed by atoms with Gasteiger partial charge in [0.15, 0.2) is 0 Å². The van der Waals surface area contributed by atoms with Crippen LogP contribution in [0.2, 0.25) is 0 Å². The summed E-state index contributed by atoms with van der Waals surface area (Å²) in [5.41, 5.74) is 6.50.